The quantitative estimate of drug-likeness (QED) is 0.541. The van der Waals surface area contributed by atoms with Gasteiger partial charge < -0.3 is 16.8 Å². The molecule has 0 aromatic carbocycles. The summed E-state index contributed by atoms with van der Waals surface area (Å²) in [4.78, 5) is 1.47. The van der Waals surface area contributed by atoms with Crippen molar-refractivity contribution in [2.24, 2.45) is 11.5 Å². The van der Waals surface area contributed by atoms with Gasteiger partial charge in [0, 0.05) is 0 Å². The lowest BCUT2D eigenvalue weighted by molar-refractivity contribution is 0.474. The van der Waals surface area contributed by atoms with Crippen molar-refractivity contribution in [2.45, 2.75) is 12.6 Å². The molecule has 2 heterocycles. The number of nitrogens with two attached hydrogens (primary N) is 2. The first kappa shape index (κ1) is 8.76. The van der Waals surface area contributed by atoms with Gasteiger partial charge in [0.15, 0.2) is 0 Å². The summed E-state index contributed by atoms with van der Waals surface area (Å²) < 4.78 is 0. The summed E-state index contributed by atoms with van der Waals surface area (Å²) in [6.07, 6.45) is 6.72. The molecule has 6 nitrogen and oxygen atoms in total. The van der Waals surface area contributed by atoms with Gasteiger partial charge in [0.25, 0.3) is 0 Å². The van der Waals surface area contributed by atoms with E-state index < -0.39 is 5.66 Å². The van der Waals surface area contributed by atoms with E-state index in [-0.39, 0.29) is 0 Å². The number of hydrogen-bond donors (Lipinski definition) is 3. The highest BCUT2D eigenvalue weighted by molar-refractivity contribution is 5.58. The van der Waals surface area contributed by atoms with E-state index in [1.165, 1.54) is 4.80 Å². The SMILES string of the molecule is CC1(N)NC(N)=CC=C1n1nccn1. The number of aromatic nitrogens is 3. The van der Waals surface area contributed by atoms with Crippen molar-refractivity contribution >= 4 is 5.70 Å². The first-order valence-corrected chi connectivity index (χ1v) is 4.21. The highest BCUT2D eigenvalue weighted by Gasteiger charge is 2.28. The zero-order valence-corrected chi connectivity index (χ0v) is 7.81. The number of dihydropyridines is 1. The molecular formula is C8H12N6. The van der Waals surface area contributed by atoms with E-state index in [9.17, 15) is 0 Å². The molecule has 74 valence electrons. The zero-order chi connectivity index (χ0) is 10.2. The first-order valence-electron chi connectivity index (χ1n) is 4.21. The minimum atomic E-state index is -0.752. The number of hydrogen-bond acceptors (Lipinski definition) is 5. The number of nitrogens with one attached hydrogen (secondary N) is 1. The maximum absolute atomic E-state index is 6.00. The largest absolute Gasteiger partial charge is 0.385 e. The Morgan fingerprint density at radius 1 is 1.36 bits per heavy atom. The van der Waals surface area contributed by atoms with Crippen molar-refractivity contribution in [1.82, 2.24) is 20.3 Å². The Bertz CT molecular complexity index is 386. The van der Waals surface area contributed by atoms with Gasteiger partial charge >= 0.3 is 0 Å². The molecule has 0 fully saturated rings. The number of allylic oxidation sites excluding steroid dienone is 2. The van der Waals surface area contributed by atoms with Gasteiger partial charge in [0.2, 0.25) is 0 Å². The van der Waals surface area contributed by atoms with Gasteiger partial charge in [-0.25, -0.2) is 0 Å². The fourth-order valence-corrected chi connectivity index (χ4v) is 1.36. The van der Waals surface area contributed by atoms with Crippen molar-refractivity contribution in [1.29, 1.82) is 0 Å². The fraction of sp³-hybridized carbons (Fsp3) is 0.250. The molecule has 6 heteroatoms. The van der Waals surface area contributed by atoms with E-state index in [2.05, 4.69) is 15.5 Å². The summed E-state index contributed by atoms with van der Waals surface area (Å²) in [5.74, 6) is 0.533. The predicted molar refractivity (Wildman–Crippen MR) is 52.3 cm³/mol. The zero-order valence-electron chi connectivity index (χ0n) is 7.81. The van der Waals surface area contributed by atoms with Gasteiger partial charge in [0.05, 0.1) is 18.2 Å². The van der Waals surface area contributed by atoms with Crippen molar-refractivity contribution in [3.8, 4) is 0 Å². The molecule has 5 N–H and O–H groups in total. The van der Waals surface area contributed by atoms with E-state index in [1.54, 1.807) is 24.5 Å². The van der Waals surface area contributed by atoms with Gasteiger partial charge in [-0.1, -0.05) is 0 Å². The molecule has 0 aliphatic carbocycles. The molecule has 1 aromatic heterocycles. The standard InChI is InChI=1S/C8H12N6/c1-8(10)6(2-3-7(9)13-8)14-11-4-5-12-14/h2-5,13H,9-10H2,1H3. The molecule has 0 bridgehead atoms. The minimum Gasteiger partial charge on any atom is -0.385 e. The second-order valence-electron chi connectivity index (χ2n) is 3.32. The third kappa shape index (κ3) is 1.35. The van der Waals surface area contributed by atoms with E-state index in [0.29, 0.717) is 5.82 Å². The molecule has 1 aliphatic heterocycles. The van der Waals surface area contributed by atoms with Crippen LogP contribution in [0, 0.1) is 0 Å². The fourth-order valence-electron chi connectivity index (χ4n) is 1.36. The molecule has 1 aliphatic rings. The summed E-state index contributed by atoms with van der Waals surface area (Å²) >= 11 is 0. The van der Waals surface area contributed by atoms with E-state index in [0.717, 1.165) is 5.70 Å². The molecular weight excluding hydrogens is 180 g/mol. The Morgan fingerprint density at radius 3 is 2.57 bits per heavy atom. The molecule has 0 saturated heterocycles. The van der Waals surface area contributed by atoms with Gasteiger partial charge in [-0.05, 0) is 19.1 Å². The maximum Gasteiger partial charge on any atom is 0.129 e. The van der Waals surface area contributed by atoms with Gasteiger partial charge in [-0.3, -0.25) is 0 Å². The second-order valence-corrected chi connectivity index (χ2v) is 3.32. The lowest BCUT2D eigenvalue weighted by Gasteiger charge is -2.31. The highest BCUT2D eigenvalue weighted by atomic mass is 15.5. The number of rotatable bonds is 1. The average Bonchev–Trinajstić information content (AvgIpc) is 2.54. The Labute approximate surface area is 81.3 Å². The van der Waals surface area contributed by atoms with Crippen LogP contribution in [0.15, 0.2) is 30.4 Å². The van der Waals surface area contributed by atoms with Crippen LogP contribution in [0.4, 0.5) is 0 Å². The van der Waals surface area contributed by atoms with Crippen LogP contribution < -0.4 is 16.8 Å². The van der Waals surface area contributed by atoms with Crippen LogP contribution in [0.3, 0.4) is 0 Å². The summed E-state index contributed by atoms with van der Waals surface area (Å²) in [6, 6.07) is 0. The molecule has 0 radical (unpaired) electrons. The molecule has 1 aromatic rings. The molecule has 1 atom stereocenters. The number of nitrogens with zero attached hydrogens (tertiary/aromatic N) is 3. The van der Waals surface area contributed by atoms with Crippen LogP contribution in [0.1, 0.15) is 6.92 Å². The Kier molecular flexibility index (Phi) is 1.78. The normalized spacial score (nSPS) is 26.4. The first-order chi connectivity index (χ1) is 6.59. The minimum absolute atomic E-state index is 0.533. The predicted octanol–water partition coefficient (Wildman–Crippen LogP) is -0.803. The van der Waals surface area contributed by atoms with E-state index in [1.807, 2.05) is 6.92 Å². The summed E-state index contributed by atoms with van der Waals surface area (Å²) in [6.45, 7) is 1.81. The average molecular weight is 192 g/mol. The molecule has 2 rings (SSSR count). The molecule has 0 spiro atoms. The van der Waals surface area contributed by atoms with Crippen molar-refractivity contribution in [2.75, 3.05) is 0 Å². The van der Waals surface area contributed by atoms with Crippen molar-refractivity contribution in [3.05, 3.63) is 30.4 Å². The van der Waals surface area contributed by atoms with Gasteiger partial charge in [-0.2, -0.15) is 15.0 Å². The van der Waals surface area contributed by atoms with E-state index >= 15 is 0 Å². The van der Waals surface area contributed by atoms with Crippen LogP contribution in [0.5, 0.6) is 0 Å². The summed E-state index contributed by atoms with van der Waals surface area (Å²) in [7, 11) is 0. The monoisotopic (exact) mass is 192 g/mol. The third-order valence-corrected chi connectivity index (χ3v) is 1.99. The summed E-state index contributed by atoms with van der Waals surface area (Å²) in [5.41, 5.74) is 11.6. The van der Waals surface area contributed by atoms with Crippen LogP contribution >= 0.6 is 0 Å². The Hall–Kier alpha value is -1.82. The Morgan fingerprint density at radius 2 is 2.00 bits per heavy atom. The summed E-state index contributed by atoms with van der Waals surface area (Å²) in [5, 5.41) is 11.0. The van der Waals surface area contributed by atoms with Crippen molar-refractivity contribution < 1.29 is 0 Å². The second kappa shape index (κ2) is 2.85. The molecule has 1 unspecified atom stereocenters. The van der Waals surface area contributed by atoms with Crippen LogP contribution in [0.25, 0.3) is 5.70 Å². The lowest BCUT2D eigenvalue weighted by Crippen LogP contribution is -2.55. The van der Waals surface area contributed by atoms with Crippen LogP contribution in [-0.4, -0.2) is 20.7 Å². The van der Waals surface area contributed by atoms with Gasteiger partial charge in [0.1, 0.15) is 11.4 Å². The Balaban J connectivity index is 2.43. The highest BCUT2D eigenvalue weighted by Crippen LogP contribution is 2.18. The van der Waals surface area contributed by atoms with E-state index in [4.69, 9.17) is 11.5 Å². The topological polar surface area (TPSA) is 94.8 Å². The lowest BCUT2D eigenvalue weighted by atomic mass is 10.1. The molecule has 14 heavy (non-hydrogen) atoms. The van der Waals surface area contributed by atoms with Gasteiger partial charge in [-0.15, -0.1) is 0 Å². The molecule has 0 saturated carbocycles. The van der Waals surface area contributed by atoms with Crippen molar-refractivity contribution in [3.63, 3.8) is 0 Å². The van der Waals surface area contributed by atoms with Crippen LogP contribution in [0.2, 0.25) is 0 Å². The third-order valence-electron chi connectivity index (χ3n) is 1.99. The smallest absolute Gasteiger partial charge is 0.129 e. The molecule has 0 amide bonds. The maximum atomic E-state index is 6.00. The van der Waals surface area contributed by atoms with Crippen LogP contribution in [-0.2, 0) is 0 Å².